The average Bonchev–Trinajstić information content (AvgIpc) is 3.11. The zero-order valence-electron chi connectivity index (χ0n) is 16.3. The number of amides is 3. The molecule has 0 spiro atoms. The normalized spacial score (nSPS) is 23.6. The van der Waals surface area contributed by atoms with E-state index in [1.807, 2.05) is 17.0 Å². The maximum atomic E-state index is 12.8. The predicted molar refractivity (Wildman–Crippen MR) is 108 cm³/mol. The van der Waals surface area contributed by atoms with E-state index in [1.54, 1.807) is 24.0 Å². The largest absolute Gasteiger partial charge is 0.354 e. The summed E-state index contributed by atoms with van der Waals surface area (Å²) in [5, 5.41) is 3.59. The van der Waals surface area contributed by atoms with E-state index in [0.29, 0.717) is 37.6 Å². The van der Waals surface area contributed by atoms with E-state index in [1.165, 1.54) is 0 Å². The first-order valence-corrected chi connectivity index (χ1v) is 10.4. The van der Waals surface area contributed by atoms with Crippen LogP contribution in [-0.4, -0.2) is 59.7 Å². The maximum absolute atomic E-state index is 12.8. The second kappa shape index (κ2) is 9.41. The van der Waals surface area contributed by atoms with Gasteiger partial charge in [-0.25, -0.2) is 0 Å². The number of rotatable bonds is 2. The summed E-state index contributed by atoms with van der Waals surface area (Å²) in [6.45, 7) is 3.61. The first kappa shape index (κ1) is 20.6. The van der Waals surface area contributed by atoms with Crippen molar-refractivity contribution in [2.24, 2.45) is 5.92 Å². The Labute approximate surface area is 171 Å². The van der Waals surface area contributed by atoms with Crippen molar-refractivity contribution >= 4 is 29.3 Å². The number of fused-ring (bicyclic) bond motifs is 1. The van der Waals surface area contributed by atoms with E-state index in [4.69, 9.17) is 11.6 Å². The number of hydrogen-bond donors (Lipinski definition) is 1. The summed E-state index contributed by atoms with van der Waals surface area (Å²) < 4.78 is 0. The smallest absolute Gasteiger partial charge is 0.227 e. The summed E-state index contributed by atoms with van der Waals surface area (Å²) in [6, 6.07) is 7.28. The predicted octanol–water partition coefficient (Wildman–Crippen LogP) is 2.25. The third-order valence-electron chi connectivity index (χ3n) is 5.73. The molecule has 2 atom stereocenters. The molecule has 6 nitrogen and oxygen atoms in total. The summed E-state index contributed by atoms with van der Waals surface area (Å²) in [6.07, 6.45) is 3.64. The number of benzene rings is 1. The van der Waals surface area contributed by atoms with E-state index in [0.717, 1.165) is 24.8 Å². The van der Waals surface area contributed by atoms with Crippen LogP contribution in [0.4, 0.5) is 0 Å². The lowest BCUT2D eigenvalue weighted by Crippen LogP contribution is -2.46. The van der Waals surface area contributed by atoms with Gasteiger partial charge in [0.2, 0.25) is 17.7 Å². The molecule has 2 aliphatic rings. The van der Waals surface area contributed by atoms with Crippen molar-refractivity contribution in [1.29, 1.82) is 0 Å². The molecule has 7 heteroatoms. The topological polar surface area (TPSA) is 69.7 Å². The number of nitrogens with one attached hydrogen (secondary N) is 1. The van der Waals surface area contributed by atoms with Crippen LogP contribution in [0.1, 0.15) is 38.2 Å². The van der Waals surface area contributed by atoms with E-state index >= 15 is 0 Å². The highest BCUT2D eigenvalue weighted by Crippen LogP contribution is 2.30. The maximum Gasteiger partial charge on any atom is 0.227 e. The van der Waals surface area contributed by atoms with Gasteiger partial charge in [0, 0.05) is 44.2 Å². The number of halogens is 1. The van der Waals surface area contributed by atoms with Crippen LogP contribution in [-0.2, 0) is 20.8 Å². The number of carbonyl (C=O) groups excluding carboxylic acids is 3. The highest BCUT2D eigenvalue weighted by molar-refractivity contribution is 6.30. The Kier molecular flexibility index (Phi) is 6.94. The van der Waals surface area contributed by atoms with Crippen molar-refractivity contribution in [1.82, 2.24) is 15.1 Å². The molecule has 1 aliphatic carbocycles. The Bertz CT molecular complexity index is 739. The number of nitrogens with zero attached hydrogens (tertiary/aromatic N) is 2. The minimum atomic E-state index is -0.141. The molecule has 1 heterocycles. The molecule has 0 unspecified atom stereocenters. The van der Waals surface area contributed by atoms with Gasteiger partial charge in [0.1, 0.15) is 0 Å². The molecular formula is C21H28ClN3O3. The lowest BCUT2D eigenvalue weighted by Gasteiger charge is -2.31. The molecule has 3 rings (SSSR count). The third-order valence-corrected chi connectivity index (χ3v) is 5.96. The van der Waals surface area contributed by atoms with Gasteiger partial charge in [0.25, 0.3) is 0 Å². The van der Waals surface area contributed by atoms with Crippen molar-refractivity contribution in [3.8, 4) is 0 Å². The first-order chi connectivity index (χ1) is 13.5. The number of carbonyl (C=O) groups is 3. The van der Waals surface area contributed by atoms with Crippen molar-refractivity contribution in [2.45, 2.75) is 45.1 Å². The summed E-state index contributed by atoms with van der Waals surface area (Å²) in [7, 11) is 0. The molecule has 3 amide bonds. The van der Waals surface area contributed by atoms with E-state index in [-0.39, 0.29) is 36.1 Å². The fourth-order valence-electron chi connectivity index (χ4n) is 4.35. The highest BCUT2D eigenvalue weighted by Gasteiger charge is 2.38. The minimum absolute atomic E-state index is 0.000695. The van der Waals surface area contributed by atoms with Gasteiger partial charge in [-0.1, -0.05) is 30.2 Å². The molecule has 0 aromatic heterocycles. The van der Waals surface area contributed by atoms with Crippen LogP contribution in [0.15, 0.2) is 24.3 Å². The summed E-state index contributed by atoms with van der Waals surface area (Å²) in [4.78, 5) is 41.2. The van der Waals surface area contributed by atoms with Gasteiger partial charge in [-0.15, -0.1) is 0 Å². The van der Waals surface area contributed by atoms with Crippen LogP contribution in [0, 0.1) is 5.92 Å². The van der Waals surface area contributed by atoms with Crippen molar-refractivity contribution < 1.29 is 14.4 Å². The molecule has 0 radical (unpaired) electrons. The van der Waals surface area contributed by atoms with Gasteiger partial charge in [-0.3, -0.25) is 14.4 Å². The van der Waals surface area contributed by atoms with Crippen LogP contribution in [0.25, 0.3) is 0 Å². The zero-order valence-corrected chi connectivity index (χ0v) is 17.1. The summed E-state index contributed by atoms with van der Waals surface area (Å²) >= 11 is 6.02. The fourth-order valence-corrected chi connectivity index (χ4v) is 4.56. The van der Waals surface area contributed by atoms with Crippen LogP contribution >= 0.6 is 11.6 Å². The van der Waals surface area contributed by atoms with Crippen molar-refractivity contribution in [3.05, 3.63) is 34.9 Å². The zero-order chi connectivity index (χ0) is 20.1. The fraction of sp³-hybridized carbons (Fsp3) is 0.571. The quantitative estimate of drug-likeness (QED) is 0.820. The Hall–Kier alpha value is -2.08. The Balaban J connectivity index is 1.69. The second-order valence-corrected chi connectivity index (χ2v) is 8.09. The first-order valence-electron chi connectivity index (χ1n) is 10.0. The van der Waals surface area contributed by atoms with Gasteiger partial charge in [-0.2, -0.15) is 0 Å². The number of hydrogen-bond acceptors (Lipinski definition) is 3. The van der Waals surface area contributed by atoms with Gasteiger partial charge in [0.15, 0.2) is 0 Å². The molecule has 1 aromatic rings. The van der Waals surface area contributed by atoms with Crippen LogP contribution in [0.3, 0.4) is 0 Å². The van der Waals surface area contributed by atoms with Crippen LogP contribution in [0.2, 0.25) is 5.02 Å². The lowest BCUT2D eigenvalue weighted by atomic mass is 10.0. The van der Waals surface area contributed by atoms with Gasteiger partial charge in [-0.05, 0) is 37.0 Å². The van der Waals surface area contributed by atoms with Crippen LogP contribution < -0.4 is 5.32 Å². The van der Waals surface area contributed by atoms with Crippen LogP contribution in [0.5, 0.6) is 0 Å². The van der Waals surface area contributed by atoms with Crippen molar-refractivity contribution in [3.63, 3.8) is 0 Å². The molecule has 1 saturated carbocycles. The molecule has 1 saturated heterocycles. The molecular weight excluding hydrogens is 378 g/mol. The highest BCUT2D eigenvalue weighted by atomic mass is 35.5. The van der Waals surface area contributed by atoms with Gasteiger partial charge < -0.3 is 15.1 Å². The average molecular weight is 406 g/mol. The van der Waals surface area contributed by atoms with Crippen molar-refractivity contribution in [2.75, 3.05) is 26.2 Å². The van der Waals surface area contributed by atoms with E-state index < -0.39 is 0 Å². The molecule has 28 heavy (non-hydrogen) atoms. The van der Waals surface area contributed by atoms with E-state index in [9.17, 15) is 14.4 Å². The Morgan fingerprint density at radius 1 is 1.18 bits per heavy atom. The molecule has 1 N–H and O–H groups in total. The molecule has 2 fully saturated rings. The summed E-state index contributed by atoms with van der Waals surface area (Å²) in [5.41, 5.74) is 0.871. The molecule has 0 bridgehead atoms. The monoisotopic (exact) mass is 405 g/mol. The van der Waals surface area contributed by atoms with E-state index in [2.05, 4.69) is 5.32 Å². The van der Waals surface area contributed by atoms with Gasteiger partial charge >= 0.3 is 0 Å². The lowest BCUT2D eigenvalue weighted by molar-refractivity contribution is -0.134. The standard InChI is InChI=1S/C21H28ClN3O3/c1-15(26)25-11-4-10-24(20(27)14-16-5-2-6-17(22)13-16)12-9-23-21(28)18-7-3-8-19(18)25/h2,5-6,13,18-19H,3-4,7-12,14H2,1H3,(H,23,28)/t18-,19+/m1/s1. The molecule has 1 aliphatic heterocycles. The molecule has 152 valence electrons. The Morgan fingerprint density at radius 3 is 2.75 bits per heavy atom. The Morgan fingerprint density at radius 2 is 2.00 bits per heavy atom. The second-order valence-electron chi connectivity index (χ2n) is 7.65. The molecule has 1 aromatic carbocycles. The summed E-state index contributed by atoms with van der Waals surface area (Å²) in [5.74, 6) is -0.137. The SMILES string of the molecule is CC(=O)N1CCCN(C(=O)Cc2cccc(Cl)c2)CCNC(=O)[C@@H]2CCC[C@@H]21. The third kappa shape index (κ3) is 5.04. The van der Waals surface area contributed by atoms with Gasteiger partial charge in [0.05, 0.1) is 12.3 Å². The minimum Gasteiger partial charge on any atom is -0.354 e.